The molecule has 0 spiro atoms. The molecule has 0 bridgehead atoms. The van der Waals surface area contributed by atoms with Crippen LogP contribution in [-0.4, -0.2) is 46.3 Å². The Hall–Kier alpha value is -2.44. The quantitative estimate of drug-likeness (QED) is 0.739. The number of amides is 4. The zero-order valence-corrected chi connectivity index (χ0v) is 17.4. The molecule has 3 rings (SSSR count). The summed E-state index contributed by atoms with van der Waals surface area (Å²) in [4.78, 5) is 41.9. The highest BCUT2D eigenvalue weighted by Gasteiger charge is 2.52. The maximum Gasteiger partial charge on any atom is 0.325 e. The lowest BCUT2D eigenvalue weighted by molar-refractivity contribution is -0.143. The topological polar surface area (TPSA) is 69.7 Å². The van der Waals surface area contributed by atoms with Crippen LogP contribution in [0.1, 0.15) is 64.9 Å². The second-order valence-corrected chi connectivity index (χ2v) is 8.27. The van der Waals surface area contributed by atoms with Crippen LogP contribution < -0.4 is 5.32 Å². The Labute approximate surface area is 171 Å². The number of urea groups is 1. The summed E-state index contributed by atoms with van der Waals surface area (Å²) in [6.45, 7) is 5.74. The molecule has 0 aromatic heterocycles. The van der Waals surface area contributed by atoms with Crippen molar-refractivity contribution in [3.63, 3.8) is 0 Å². The molecule has 0 radical (unpaired) electrons. The summed E-state index contributed by atoms with van der Waals surface area (Å²) in [7, 11) is 0. The van der Waals surface area contributed by atoms with E-state index in [2.05, 4.69) is 5.32 Å². The first-order chi connectivity index (χ1) is 13.8. The lowest BCUT2D eigenvalue weighted by Gasteiger charge is -2.39. The van der Waals surface area contributed by atoms with Crippen LogP contribution in [-0.2, 0) is 15.1 Å². The Bertz CT molecular complexity index is 772. The highest BCUT2D eigenvalue weighted by Crippen LogP contribution is 2.34. The van der Waals surface area contributed by atoms with E-state index >= 15 is 0 Å². The fourth-order valence-corrected chi connectivity index (χ4v) is 4.59. The first-order valence-electron chi connectivity index (χ1n) is 10.5. The van der Waals surface area contributed by atoms with E-state index in [1.807, 2.05) is 20.8 Å². The molecule has 158 valence electrons. The lowest BCUT2D eigenvalue weighted by Crippen LogP contribution is -2.52. The summed E-state index contributed by atoms with van der Waals surface area (Å²) in [6, 6.07) is 5.25. The van der Waals surface area contributed by atoms with Crippen molar-refractivity contribution >= 4 is 17.8 Å². The minimum atomic E-state index is -1.25. The van der Waals surface area contributed by atoms with Gasteiger partial charge in [-0.2, -0.15) is 0 Å². The predicted molar refractivity (Wildman–Crippen MR) is 107 cm³/mol. The number of carbonyl (C=O) groups excluding carboxylic acids is 3. The van der Waals surface area contributed by atoms with Crippen LogP contribution in [0.15, 0.2) is 24.3 Å². The Morgan fingerprint density at radius 2 is 1.79 bits per heavy atom. The monoisotopic (exact) mass is 403 g/mol. The largest absolute Gasteiger partial charge is 0.336 e. The van der Waals surface area contributed by atoms with Gasteiger partial charge in [0, 0.05) is 12.1 Å². The van der Waals surface area contributed by atoms with Crippen LogP contribution in [0.25, 0.3) is 0 Å². The third-order valence-electron chi connectivity index (χ3n) is 6.19. The maximum atomic E-state index is 13.4. The van der Waals surface area contributed by atoms with E-state index in [4.69, 9.17) is 0 Å². The van der Waals surface area contributed by atoms with Gasteiger partial charge in [-0.1, -0.05) is 31.9 Å². The average molecular weight is 403 g/mol. The molecule has 3 atom stereocenters. The van der Waals surface area contributed by atoms with Gasteiger partial charge >= 0.3 is 6.03 Å². The molecule has 6 nitrogen and oxygen atoms in total. The maximum absolute atomic E-state index is 13.4. The van der Waals surface area contributed by atoms with Crippen molar-refractivity contribution in [1.82, 2.24) is 15.1 Å². The first-order valence-corrected chi connectivity index (χ1v) is 10.5. The van der Waals surface area contributed by atoms with Crippen LogP contribution in [0.5, 0.6) is 0 Å². The number of halogens is 1. The van der Waals surface area contributed by atoms with E-state index in [1.165, 1.54) is 24.3 Å². The third-order valence-corrected chi connectivity index (χ3v) is 6.19. The highest BCUT2D eigenvalue weighted by atomic mass is 19.1. The molecule has 2 aliphatic rings. The first kappa shape index (κ1) is 21.3. The summed E-state index contributed by atoms with van der Waals surface area (Å²) in [5.74, 6) is -1.05. The molecule has 1 N–H and O–H groups in total. The van der Waals surface area contributed by atoms with Crippen molar-refractivity contribution in [1.29, 1.82) is 0 Å². The summed E-state index contributed by atoms with van der Waals surface area (Å²) < 4.78 is 13.4. The van der Waals surface area contributed by atoms with Gasteiger partial charge in [-0.3, -0.25) is 14.5 Å². The molecule has 2 heterocycles. The smallest absolute Gasteiger partial charge is 0.325 e. The van der Waals surface area contributed by atoms with Gasteiger partial charge in [-0.05, 0) is 57.2 Å². The van der Waals surface area contributed by atoms with Gasteiger partial charge in [0.1, 0.15) is 17.9 Å². The van der Waals surface area contributed by atoms with Crippen molar-refractivity contribution < 1.29 is 18.8 Å². The van der Waals surface area contributed by atoms with Crippen LogP contribution in [0.2, 0.25) is 0 Å². The molecule has 0 saturated carbocycles. The lowest BCUT2D eigenvalue weighted by atomic mass is 9.84. The number of hydrogen-bond acceptors (Lipinski definition) is 3. The average Bonchev–Trinajstić information content (AvgIpc) is 2.92. The van der Waals surface area contributed by atoms with E-state index in [1.54, 1.807) is 4.90 Å². The molecule has 4 amide bonds. The number of nitrogens with zero attached hydrogens (tertiary/aromatic N) is 2. The summed E-state index contributed by atoms with van der Waals surface area (Å²) in [6.07, 6.45) is 4.87. The molecular formula is C22H30FN3O3. The van der Waals surface area contributed by atoms with Crippen molar-refractivity contribution in [3.05, 3.63) is 35.6 Å². The second kappa shape index (κ2) is 8.51. The Morgan fingerprint density at radius 3 is 2.38 bits per heavy atom. The van der Waals surface area contributed by atoms with Crippen molar-refractivity contribution in [2.24, 2.45) is 0 Å². The van der Waals surface area contributed by atoms with E-state index in [9.17, 15) is 18.8 Å². The molecule has 1 aromatic rings. The molecule has 29 heavy (non-hydrogen) atoms. The third kappa shape index (κ3) is 4.00. The van der Waals surface area contributed by atoms with Crippen molar-refractivity contribution in [2.75, 3.05) is 6.54 Å². The standard InChI is InChI=1S/C22H30FN3O3/c1-4-5-13-22(17-9-11-18(23)12-10-17)20(28)25(21(29)24-22)14-19(27)26-15(2)7-6-8-16(26)3/h9-12,15-16H,4-8,13-14H2,1-3H3,(H,24,29)/t15-,16+,22-/m0/s1. The summed E-state index contributed by atoms with van der Waals surface area (Å²) in [5, 5.41) is 2.81. The van der Waals surface area contributed by atoms with E-state index in [0.717, 1.165) is 30.6 Å². The van der Waals surface area contributed by atoms with Gasteiger partial charge < -0.3 is 10.2 Å². The fraction of sp³-hybridized carbons (Fsp3) is 0.591. The zero-order chi connectivity index (χ0) is 21.2. The number of piperidine rings is 1. The second-order valence-electron chi connectivity index (χ2n) is 8.27. The molecule has 7 heteroatoms. The zero-order valence-electron chi connectivity index (χ0n) is 17.4. The molecule has 0 aliphatic carbocycles. The van der Waals surface area contributed by atoms with E-state index in [0.29, 0.717) is 18.4 Å². The number of imide groups is 1. The summed E-state index contributed by atoms with van der Waals surface area (Å²) in [5.41, 5.74) is -0.708. The normalized spacial score (nSPS) is 27.3. The van der Waals surface area contributed by atoms with E-state index < -0.39 is 23.3 Å². The number of hydrogen-bond donors (Lipinski definition) is 1. The van der Waals surface area contributed by atoms with Gasteiger partial charge in [-0.15, -0.1) is 0 Å². The Kier molecular flexibility index (Phi) is 6.24. The number of nitrogens with one attached hydrogen (secondary N) is 1. The molecule has 2 fully saturated rings. The minimum Gasteiger partial charge on any atom is -0.336 e. The van der Waals surface area contributed by atoms with Crippen LogP contribution in [0.3, 0.4) is 0 Å². The van der Waals surface area contributed by atoms with Gasteiger partial charge in [-0.25, -0.2) is 9.18 Å². The highest BCUT2D eigenvalue weighted by molar-refractivity contribution is 6.09. The SMILES string of the molecule is CCCC[C@@]1(c2ccc(F)cc2)NC(=O)N(CC(=O)N2[C@H](C)CCC[C@@H]2C)C1=O. The van der Waals surface area contributed by atoms with Crippen LogP contribution >= 0.6 is 0 Å². The Morgan fingerprint density at radius 1 is 1.17 bits per heavy atom. The molecule has 1 aromatic carbocycles. The predicted octanol–water partition coefficient (Wildman–Crippen LogP) is 3.55. The number of carbonyl (C=O) groups is 3. The molecular weight excluding hydrogens is 373 g/mol. The van der Waals surface area contributed by atoms with Gasteiger partial charge in [0.05, 0.1) is 0 Å². The number of rotatable bonds is 6. The fourth-order valence-electron chi connectivity index (χ4n) is 4.59. The van der Waals surface area contributed by atoms with Gasteiger partial charge in [0.25, 0.3) is 5.91 Å². The summed E-state index contributed by atoms with van der Waals surface area (Å²) >= 11 is 0. The molecule has 0 unspecified atom stereocenters. The number of likely N-dealkylation sites (tertiary alicyclic amines) is 1. The van der Waals surface area contributed by atoms with Crippen LogP contribution in [0, 0.1) is 5.82 Å². The molecule has 2 saturated heterocycles. The minimum absolute atomic E-state index is 0.0916. The van der Waals surface area contributed by atoms with Gasteiger partial charge in [0.15, 0.2) is 0 Å². The number of unbranched alkanes of at least 4 members (excludes halogenated alkanes) is 1. The van der Waals surface area contributed by atoms with Gasteiger partial charge in [0.2, 0.25) is 5.91 Å². The van der Waals surface area contributed by atoms with Crippen molar-refractivity contribution in [3.8, 4) is 0 Å². The molecule has 2 aliphatic heterocycles. The van der Waals surface area contributed by atoms with Crippen LogP contribution in [0.4, 0.5) is 9.18 Å². The van der Waals surface area contributed by atoms with E-state index in [-0.39, 0.29) is 24.5 Å². The Balaban J connectivity index is 1.85. The number of benzene rings is 1. The van der Waals surface area contributed by atoms with Crippen molar-refractivity contribution in [2.45, 2.75) is 76.9 Å².